The summed E-state index contributed by atoms with van der Waals surface area (Å²) in [5.41, 5.74) is 2.45. The number of fused-ring (bicyclic) bond motifs is 1. The van der Waals surface area contributed by atoms with Gasteiger partial charge in [-0.15, -0.1) is 0 Å². The Morgan fingerprint density at radius 1 is 1.11 bits per heavy atom. The quantitative estimate of drug-likeness (QED) is 0.876. The third-order valence-corrected chi connectivity index (χ3v) is 4.88. The van der Waals surface area contributed by atoms with Crippen LogP contribution in [0.4, 0.5) is 0 Å². The zero-order chi connectivity index (χ0) is 13.2. The molecular formula is C17H25NO. The van der Waals surface area contributed by atoms with Gasteiger partial charge in [-0.05, 0) is 35.8 Å². The molecular weight excluding hydrogens is 234 g/mol. The SMILES string of the molecule is CC1CN(CC2CCCCC2)C(O)c2ccccc21. The summed E-state index contributed by atoms with van der Waals surface area (Å²) in [6.45, 7) is 4.34. The first kappa shape index (κ1) is 13.1. The summed E-state index contributed by atoms with van der Waals surface area (Å²) in [4.78, 5) is 2.29. The second kappa shape index (κ2) is 5.64. The number of nitrogens with zero attached hydrogens (tertiary/aromatic N) is 1. The number of hydrogen-bond acceptors (Lipinski definition) is 2. The fourth-order valence-corrected chi connectivity index (χ4v) is 3.82. The van der Waals surface area contributed by atoms with E-state index in [9.17, 15) is 5.11 Å². The van der Waals surface area contributed by atoms with E-state index in [-0.39, 0.29) is 0 Å². The predicted molar refractivity (Wildman–Crippen MR) is 78.0 cm³/mol. The van der Waals surface area contributed by atoms with Gasteiger partial charge in [-0.2, -0.15) is 0 Å². The Labute approximate surface area is 116 Å². The van der Waals surface area contributed by atoms with Gasteiger partial charge in [0, 0.05) is 13.1 Å². The number of rotatable bonds is 2. The third kappa shape index (κ3) is 2.70. The summed E-state index contributed by atoms with van der Waals surface area (Å²) >= 11 is 0. The summed E-state index contributed by atoms with van der Waals surface area (Å²) in [5.74, 6) is 1.32. The van der Waals surface area contributed by atoms with E-state index in [1.165, 1.54) is 37.7 Å². The van der Waals surface area contributed by atoms with Crippen LogP contribution in [0.1, 0.15) is 62.3 Å². The molecule has 1 heterocycles. The van der Waals surface area contributed by atoms with Crippen LogP contribution in [-0.4, -0.2) is 23.1 Å². The van der Waals surface area contributed by atoms with E-state index in [0.29, 0.717) is 5.92 Å². The van der Waals surface area contributed by atoms with Crippen molar-refractivity contribution in [2.75, 3.05) is 13.1 Å². The van der Waals surface area contributed by atoms with Crippen LogP contribution in [0.15, 0.2) is 24.3 Å². The number of aliphatic hydroxyl groups is 1. The Balaban J connectivity index is 1.74. The molecule has 1 aromatic carbocycles. The molecule has 19 heavy (non-hydrogen) atoms. The summed E-state index contributed by atoms with van der Waals surface area (Å²) in [5, 5.41) is 10.6. The van der Waals surface area contributed by atoms with Crippen molar-refractivity contribution in [2.45, 2.75) is 51.2 Å². The molecule has 0 radical (unpaired) electrons. The van der Waals surface area contributed by atoms with Crippen molar-refractivity contribution in [1.82, 2.24) is 4.90 Å². The molecule has 0 bridgehead atoms. The maximum atomic E-state index is 10.6. The topological polar surface area (TPSA) is 23.5 Å². The molecule has 1 saturated carbocycles. The van der Waals surface area contributed by atoms with Crippen molar-refractivity contribution in [3.63, 3.8) is 0 Å². The molecule has 1 aromatic rings. The molecule has 2 unspecified atom stereocenters. The first-order valence-corrected chi connectivity index (χ1v) is 7.76. The monoisotopic (exact) mass is 259 g/mol. The van der Waals surface area contributed by atoms with Gasteiger partial charge < -0.3 is 5.11 Å². The molecule has 1 aliphatic carbocycles. The van der Waals surface area contributed by atoms with E-state index in [2.05, 4.69) is 30.0 Å². The van der Waals surface area contributed by atoms with Crippen LogP contribution in [0.25, 0.3) is 0 Å². The van der Waals surface area contributed by atoms with E-state index >= 15 is 0 Å². The first-order chi connectivity index (χ1) is 9.25. The summed E-state index contributed by atoms with van der Waals surface area (Å²) in [6.07, 6.45) is 6.45. The minimum atomic E-state index is -0.394. The second-order valence-electron chi connectivity index (χ2n) is 6.36. The summed E-state index contributed by atoms with van der Waals surface area (Å²) in [6, 6.07) is 8.38. The summed E-state index contributed by atoms with van der Waals surface area (Å²) in [7, 11) is 0. The average Bonchev–Trinajstić information content (AvgIpc) is 2.46. The molecule has 0 amide bonds. The molecule has 1 aliphatic heterocycles. The fraction of sp³-hybridized carbons (Fsp3) is 0.647. The van der Waals surface area contributed by atoms with E-state index < -0.39 is 6.23 Å². The van der Waals surface area contributed by atoms with Gasteiger partial charge in [-0.1, -0.05) is 50.5 Å². The zero-order valence-corrected chi connectivity index (χ0v) is 11.9. The van der Waals surface area contributed by atoms with E-state index in [1.807, 2.05) is 6.07 Å². The van der Waals surface area contributed by atoms with Crippen LogP contribution < -0.4 is 0 Å². The van der Waals surface area contributed by atoms with Gasteiger partial charge in [-0.3, -0.25) is 4.90 Å². The Morgan fingerprint density at radius 3 is 2.53 bits per heavy atom. The Hall–Kier alpha value is -0.860. The van der Waals surface area contributed by atoms with Gasteiger partial charge in [0.15, 0.2) is 0 Å². The molecule has 2 atom stereocenters. The minimum absolute atomic E-state index is 0.394. The van der Waals surface area contributed by atoms with Crippen LogP contribution in [0, 0.1) is 5.92 Å². The van der Waals surface area contributed by atoms with Crippen LogP contribution in [0.3, 0.4) is 0 Å². The van der Waals surface area contributed by atoms with Gasteiger partial charge >= 0.3 is 0 Å². The summed E-state index contributed by atoms with van der Waals surface area (Å²) < 4.78 is 0. The van der Waals surface area contributed by atoms with Gasteiger partial charge in [0.1, 0.15) is 6.23 Å². The number of hydrogen-bond donors (Lipinski definition) is 1. The Morgan fingerprint density at radius 2 is 1.79 bits per heavy atom. The number of aliphatic hydroxyl groups excluding tert-OH is 1. The lowest BCUT2D eigenvalue weighted by Gasteiger charge is -2.39. The average molecular weight is 259 g/mol. The van der Waals surface area contributed by atoms with Gasteiger partial charge in [0.05, 0.1) is 0 Å². The normalized spacial score (nSPS) is 29.2. The Bertz CT molecular complexity index is 425. The van der Waals surface area contributed by atoms with Gasteiger partial charge in [-0.25, -0.2) is 0 Å². The Kier molecular flexibility index (Phi) is 3.90. The molecule has 1 N–H and O–H groups in total. The lowest BCUT2D eigenvalue weighted by atomic mass is 9.86. The van der Waals surface area contributed by atoms with Crippen molar-refractivity contribution < 1.29 is 5.11 Å². The lowest BCUT2D eigenvalue weighted by molar-refractivity contribution is -0.0241. The third-order valence-electron chi connectivity index (χ3n) is 4.88. The minimum Gasteiger partial charge on any atom is -0.374 e. The number of benzene rings is 1. The van der Waals surface area contributed by atoms with Crippen LogP contribution >= 0.6 is 0 Å². The molecule has 3 rings (SSSR count). The highest BCUT2D eigenvalue weighted by Gasteiger charge is 2.31. The largest absolute Gasteiger partial charge is 0.374 e. The fourth-order valence-electron chi connectivity index (χ4n) is 3.82. The second-order valence-corrected chi connectivity index (χ2v) is 6.36. The van der Waals surface area contributed by atoms with E-state index in [4.69, 9.17) is 0 Å². The molecule has 1 fully saturated rings. The highest BCUT2D eigenvalue weighted by molar-refractivity contribution is 5.34. The lowest BCUT2D eigenvalue weighted by Crippen LogP contribution is -2.40. The van der Waals surface area contributed by atoms with Crippen molar-refractivity contribution in [3.8, 4) is 0 Å². The van der Waals surface area contributed by atoms with E-state index in [0.717, 1.165) is 24.6 Å². The van der Waals surface area contributed by atoms with E-state index in [1.54, 1.807) is 0 Å². The highest BCUT2D eigenvalue weighted by atomic mass is 16.3. The molecule has 0 spiro atoms. The van der Waals surface area contributed by atoms with Gasteiger partial charge in [0.2, 0.25) is 0 Å². The molecule has 0 aromatic heterocycles. The highest BCUT2D eigenvalue weighted by Crippen LogP contribution is 2.36. The molecule has 2 aliphatic rings. The standard InChI is InChI=1S/C17H25NO/c1-13-11-18(12-14-7-3-2-4-8-14)17(19)16-10-6-5-9-15(13)16/h5-6,9-10,13-14,17,19H,2-4,7-8,11-12H2,1H3. The van der Waals surface area contributed by atoms with Crippen LogP contribution in [0.2, 0.25) is 0 Å². The predicted octanol–water partition coefficient (Wildman–Crippen LogP) is 3.68. The van der Waals surface area contributed by atoms with Gasteiger partial charge in [0.25, 0.3) is 0 Å². The molecule has 0 saturated heterocycles. The maximum Gasteiger partial charge on any atom is 0.133 e. The molecule has 2 heteroatoms. The van der Waals surface area contributed by atoms with Crippen molar-refractivity contribution >= 4 is 0 Å². The van der Waals surface area contributed by atoms with Crippen LogP contribution in [0.5, 0.6) is 0 Å². The zero-order valence-electron chi connectivity index (χ0n) is 11.9. The maximum absolute atomic E-state index is 10.6. The van der Waals surface area contributed by atoms with Crippen molar-refractivity contribution in [3.05, 3.63) is 35.4 Å². The molecule has 104 valence electrons. The molecule has 2 nitrogen and oxygen atoms in total. The van der Waals surface area contributed by atoms with Crippen LogP contribution in [-0.2, 0) is 0 Å². The smallest absolute Gasteiger partial charge is 0.133 e. The van der Waals surface area contributed by atoms with Crippen molar-refractivity contribution in [2.24, 2.45) is 5.92 Å². The van der Waals surface area contributed by atoms with Crippen molar-refractivity contribution in [1.29, 1.82) is 0 Å². The first-order valence-electron chi connectivity index (χ1n) is 7.76.